The lowest BCUT2D eigenvalue weighted by Crippen LogP contribution is -1.90. The summed E-state index contributed by atoms with van der Waals surface area (Å²) in [6.45, 7) is 4.28. The Morgan fingerprint density at radius 1 is 0.538 bits per heavy atom. The van der Waals surface area contributed by atoms with Crippen LogP contribution in [-0.2, 0) is 12.8 Å². The normalized spacial score (nSPS) is 9.62. The molecular weight excluding hydrogens is 316 g/mol. The number of hydrogen-bond acceptors (Lipinski definition) is 2. The van der Waals surface area contributed by atoms with Gasteiger partial charge in [-0.15, -0.1) is 10.2 Å². The van der Waals surface area contributed by atoms with Crippen LogP contribution in [0.15, 0.2) is 60.7 Å². The Labute approximate surface area is 155 Å². The van der Waals surface area contributed by atoms with Crippen LogP contribution in [0.5, 0.6) is 0 Å². The summed E-state index contributed by atoms with van der Waals surface area (Å²) in [4.78, 5) is 0. The molecular formula is C24H20N2. The first-order valence-electron chi connectivity index (χ1n) is 8.82. The molecule has 1 aromatic heterocycles. The fourth-order valence-corrected chi connectivity index (χ4v) is 2.39. The molecule has 0 aliphatic heterocycles. The molecule has 0 N–H and O–H groups in total. The van der Waals surface area contributed by atoms with Gasteiger partial charge in [-0.25, -0.2) is 0 Å². The van der Waals surface area contributed by atoms with Crippen molar-refractivity contribution < 1.29 is 0 Å². The van der Waals surface area contributed by atoms with Gasteiger partial charge in [0, 0.05) is 11.1 Å². The van der Waals surface area contributed by atoms with E-state index in [9.17, 15) is 0 Å². The number of benzene rings is 2. The summed E-state index contributed by atoms with van der Waals surface area (Å²) in [6, 6.07) is 20.2. The minimum atomic E-state index is 0.641. The highest BCUT2D eigenvalue weighted by Gasteiger charge is 1.94. The topological polar surface area (TPSA) is 25.8 Å². The zero-order chi connectivity index (χ0) is 18.2. The van der Waals surface area contributed by atoms with Crippen molar-refractivity contribution in [3.05, 3.63) is 94.3 Å². The lowest BCUT2D eigenvalue weighted by Gasteiger charge is -1.95. The van der Waals surface area contributed by atoms with Crippen LogP contribution in [0.2, 0.25) is 0 Å². The molecule has 0 radical (unpaired) electrons. The van der Waals surface area contributed by atoms with Gasteiger partial charge in [-0.1, -0.05) is 50.0 Å². The Kier molecular flexibility index (Phi) is 5.81. The van der Waals surface area contributed by atoms with Gasteiger partial charge < -0.3 is 0 Å². The first kappa shape index (κ1) is 17.5. The van der Waals surface area contributed by atoms with Gasteiger partial charge in [-0.05, 0) is 72.2 Å². The van der Waals surface area contributed by atoms with E-state index >= 15 is 0 Å². The summed E-state index contributed by atoms with van der Waals surface area (Å²) in [6.07, 6.45) is 2.06. The SMILES string of the molecule is CCc1ccc(C#Cc2ccc(C#Cc3ccc(CC)cc3)nn2)cc1. The molecule has 3 rings (SSSR count). The van der Waals surface area contributed by atoms with Crippen molar-refractivity contribution in [2.75, 3.05) is 0 Å². The molecule has 0 aliphatic carbocycles. The van der Waals surface area contributed by atoms with Crippen LogP contribution in [0.3, 0.4) is 0 Å². The van der Waals surface area contributed by atoms with Crippen molar-refractivity contribution in [2.24, 2.45) is 0 Å². The smallest absolute Gasteiger partial charge is 0.136 e. The number of aryl methyl sites for hydroxylation is 2. The van der Waals surface area contributed by atoms with Crippen LogP contribution in [0.4, 0.5) is 0 Å². The van der Waals surface area contributed by atoms with Gasteiger partial charge in [0.15, 0.2) is 0 Å². The number of rotatable bonds is 2. The molecule has 0 atom stereocenters. The van der Waals surface area contributed by atoms with Crippen LogP contribution in [0.25, 0.3) is 0 Å². The van der Waals surface area contributed by atoms with Crippen molar-refractivity contribution in [1.29, 1.82) is 0 Å². The van der Waals surface area contributed by atoms with Crippen LogP contribution < -0.4 is 0 Å². The van der Waals surface area contributed by atoms with Gasteiger partial charge in [0.05, 0.1) is 0 Å². The van der Waals surface area contributed by atoms with Gasteiger partial charge in [0.2, 0.25) is 0 Å². The molecule has 0 unspecified atom stereocenters. The predicted octanol–water partition coefficient (Wildman–Crippen LogP) is 4.40. The van der Waals surface area contributed by atoms with Crippen LogP contribution in [-0.4, -0.2) is 10.2 Å². The predicted molar refractivity (Wildman–Crippen MR) is 106 cm³/mol. The molecule has 0 aliphatic rings. The molecule has 0 spiro atoms. The molecule has 126 valence electrons. The monoisotopic (exact) mass is 336 g/mol. The third-order valence-electron chi connectivity index (χ3n) is 4.06. The highest BCUT2D eigenvalue weighted by molar-refractivity contribution is 5.43. The zero-order valence-electron chi connectivity index (χ0n) is 15.1. The zero-order valence-corrected chi connectivity index (χ0v) is 15.1. The maximum Gasteiger partial charge on any atom is 0.136 e. The largest absolute Gasteiger partial charge is 0.141 e. The average molecular weight is 336 g/mol. The molecule has 0 fully saturated rings. The molecule has 2 nitrogen and oxygen atoms in total. The van der Waals surface area contributed by atoms with Crippen molar-refractivity contribution in [3.8, 4) is 23.7 Å². The highest BCUT2D eigenvalue weighted by Crippen LogP contribution is 2.05. The third-order valence-corrected chi connectivity index (χ3v) is 4.06. The Balaban J connectivity index is 1.68. The average Bonchev–Trinajstić information content (AvgIpc) is 2.72. The lowest BCUT2D eigenvalue weighted by molar-refractivity contribution is 0.998. The minimum Gasteiger partial charge on any atom is -0.141 e. The summed E-state index contributed by atoms with van der Waals surface area (Å²) < 4.78 is 0. The molecule has 0 bridgehead atoms. The first-order valence-corrected chi connectivity index (χ1v) is 8.82. The lowest BCUT2D eigenvalue weighted by atomic mass is 10.1. The van der Waals surface area contributed by atoms with E-state index in [1.54, 1.807) is 0 Å². The highest BCUT2D eigenvalue weighted by atomic mass is 15.1. The Morgan fingerprint density at radius 3 is 1.23 bits per heavy atom. The Bertz CT molecular complexity index is 891. The van der Waals surface area contributed by atoms with Crippen molar-refractivity contribution >= 4 is 0 Å². The van der Waals surface area contributed by atoms with E-state index in [1.807, 2.05) is 36.4 Å². The molecule has 3 aromatic rings. The van der Waals surface area contributed by atoms with Gasteiger partial charge in [-0.2, -0.15) is 0 Å². The molecule has 0 amide bonds. The second kappa shape index (κ2) is 8.65. The molecule has 26 heavy (non-hydrogen) atoms. The molecule has 0 saturated carbocycles. The summed E-state index contributed by atoms with van der Waals surface area (Å²) >= 11 is 0. The Hall–Kier alpha value is -3.36. The molecule has 0 saturated heterocycles. The van der Waals surface area contributed by atoms with E-state index in [1.165, 1.54) is 11.1 Å². The standard InChI is InChI=1S/C24H20N2/c1-3-19-5-9-21(10-6-19)13-15-23-17-18-24(26-25-23)16-14-22-11-7-20(4-2)8-12-22/h5-12,17-18H,3-4H2,1-2H3. The molecule has 2 heteroatoms. The maximum absolute atomic E-state index is 4.14. The first-order chi connectivity index (χ1) is 12.8. The number of hydrogen-bond donors (Lipinski definition) is 0. The van der Waals surface area contributed by atoms with Crippen LogP contribution in [0.1, 0.15) is 47.5 Å². The second-order valence-corrected chi connectivity index (χ2v) is 5.90. The minimum absolute atomic E-state index is 0.641. The van der Waals surface area contributed by atoms with Crippen molar-refractivity contribution in [2.45, 2.75) is 26.7 Å². The maximum atomic E-state index is 4.14. The van der Waals surface area contributed by atoms with Crippen molar-refractivity contribution in [1.82, 2.24) is 10.2 Å². The van der Waals surface area contributed by atoms with E-state index in [0.29, 0.717) is 11.4 Å². The van der Waals surface area contributed by atoms with E-state index in [0.717, 1.165) is 24.0 Å². The summed E-state index contributed by atoms with van der Waals surface area (Å²) in [5, 5.41) is 8.28. The number of aromatic nitrogens is 2. The third kappa shape index (κ3) is 4.82. The van der Waals surface area contributed by atoms with Crippen molar-refractivity contribution in [3.63, 3.8) is 0 Å². The van der Waals surface area contributed by atoms with E-state index in [2.05, 4.69) is 72.0 Å². The van der Waals surface area contributed by atoms with Crippen LogP contribution >= 0.6 is 0 Å². The summed E-state index contributed by atoms with van der Waals surface area (Å²) in [5.74, 6) is 12.3. The molecule has 2 aromatic carbocycles. The fraction of sp³-hybridized carbons (Fsp3) is 0.167. The van der Waals surface area contributed by atoms with Gasteiger partial charge in [-0.3, -0.25) is 0 Å². The van der Waals surface area contributed by atoms with E-state index in [-0.39, 0.29) is 0 Å². The van der Waals surface area contributed by atoms with Crippen LogP contribution in [0, 0.1) is 23.7 Å². The van der Waals surface area contributed by atoms with Gasteiger partial charge >= 0.3 is 0 Å². The molecule has 1 heterocycles. The second-order valence-electron chi connectivity index (χ2n) is 5.90. The van der Waals surface area contributed by atoms with Gasteiger partial charge in [0.25, 0.3) is 0 Å². The van der Waals surface area contributed by atoms with E-state index in [4.69, 9.17) is 0 Å². The van der Waals surface area contributed by atoms with Gasteiger partial charge in [0.1, 0.15) is 11.4 Å². The fourth-order valence-electron chi connectivity index (χ4n) is 2.39. The summed E-state index contributed by atoms with van der Waals surface area (Å²) in [5.41, 5.74) is 5.85. The quantitative estimate of drug-likeness (QED) is 0.648. The van der Waals surface area contributed by atoms with E-state index < -0.39 is 0 Å². The summed E-state index contributed by atoms with van der Waals surface area (Å²) in [7, 11) is 0. The Morgan fingerprint density at radius 2 is 0.923 bits per heavy atom. The number of nitrogens with zero attached hydrogens (tertiary/aromatic N) is 2.